The van der Waals surface area contributed by atoms with Crippen LogP contribution in [0.3, 0.4) is 0 Å². The molecule has 1 saturated heterocycles. The number of carbonyl (C=O) groups is 1. The SMILES string of the molecule is O=C(O)[C@@H]1CN(CCOc2ccc(F)cc2)C[C@H]1C(F)(F)F. The van der Waals surface area contributed by atoms with Crippen molar-refractivity contribution in [3.05, 3.63) is 30.1 Å². The molecule has 0 saturated carbocycles. The summed E-state index contributed by atoms with van der Waals surface area (Å²) in [5.74, 6) is -4.77. The third-order valence-corrected chi connectivity index (χ3v) is 3.62. The third-order valence-electron chi connectivity index (χ3n) is 3.62. The van der Waals surface area contributed by atoms with E-state index in [-0.39, 0.29) is 26.2 Å². The summed E-state index contributed by atoms with van der Waals surface area (Å²) in [6, 6.07) is 5.26. The first-order valence-electron chi connectivity index (χ1n) is 6.67. The minimum Gasteiger partial charge on any atom is -0.492 e. The topological polar surface area (TPSA) is 49.8 Å². The molecule has 4 nitrogen and oxygen atoms in total. The van der Waals surface area contributed by atoms with Gasteiger partial charge in [-0.15, -0.1) is 0 Å². The summed E-state index contributed by atoms with van der Waals surface area (Å²) in [5.41, 5.74) is 0. The molecule has 1 heterocycles. The van der Waals surface area contributed by atoms with Gasteiger partial charge < -0.3 is 9.84 Å². The molecule has 1 aliphatic rings. The van der Waals surface area contributed by atoms with Gasteiger partial charge in [-0.05, 0) is 24.3 Å². The predicted molar refractivity (Wildman–Crippen MR) is 69.0 cm³/mol. The van der Waals surface area contributed by atoms with Crippen molar-refractivity contribution in [1.29, 1.82) is 0 Å². The van der Waals surface area contributed by atoms with Gasteiger partial charge >= 0.3 is 12.1 Å². The van der Waals surface area contributed by atoms with E-state index in [1.807, 2.05) is 0 Å². The fourth-order valence-electron chi connectivity index (χ4n) is 2.47. The predicted octanol–water partition coefficient (Wildman–Crippen LogP) is 2.40. The van der Waals surface area contributed by atoms with Crippen molar-refractivity contribution < 1.29 is 32.2 Å². The highest BCUT2D eigenvalue weighted by Crippen LogP contribution is 2.37. The Morgan fingerprint density at radius 1 is 1.27 bits per heavy atom. The lowest BCUT2D eigenvalue weighted by atomic mass is 9.96. The van der Waals surface area contributed by atoms with Crippen molar-refractivity contribution in [2.45, 2.75) is 6.18 Å². The van der Waals surface area contributed by atoms with Gasteiger partial charge in [0.05, 0.1) is 11.8 Å². The number of hydrogen-bond acceptors (Lipinski definition) is 3. The number of likely N-dealkylation sites (tertiary alicyclic amines) is 1. The minimum atomic E-state index is -4.53. The largest absolute Gasteiger partial charge is 0.492 e. The number of carboxylic acid groups (broad SMARTS) is 1. The summed E-state index contributed by atoms with van der Waals surface area (Å²) in [6.45, 7) is -0.240. The number of nitrogens with zero attached hydrogens (tertiary/aromatic N) is 1. The number of benzene rings is 1. The summed E-state index contributed by atoms with van der Waals surface area (Å²) >= 11 is 0. The smallest absolute Gasteiger partial charge is 0.393 e. The zero-order valence-corrected chi connectivity index (χ0v) is 11.5. The average molecular weight is 321 g/mol. The zero-order chi connectivity index (χ0) is 16.3. The number of ether oxygens (including phenoxy) is 1. The van der Waals surface area contributed by atoms with Crippen LogP contribution in [0.25, 0.3) is 0 Å². The molecule has 1 N–H and O–H groups in total. The molecule has 8 heteroatoms. The molecule has 22 heavy (non-hydrogen) atoms. The van der Waals surface area contributed by atoms with Gasteiger partial charge in [-0.3, -0.25) is 9.69 Å². The van der Waals surface area contributed by atoms with Crippen molar-refractivity contribution >= 4 is 5.97 Å². The first kappa shape index (κ1) is 16.5. The van der Waals surface area contributed by atoms with E-state index in [0.29, 0.717) is 5.75 Å². The Bertz CT molecular complexity index is 518. The summed E-state index contributed by atoms with van der Waals surface area (Å²) in [4.78, 5) is 12.4. The van der Waals surface area contributed by atoms with E-state index in [9.17, 15) is 22.4 Å². The Labute approximate surface area is 124 Å². The molecule has 0 bridgehead atoms. The Hall–Kier alpha value is -1.83. The van der Waals surface area contributed by atoms with Gasteiger partial charge in [0.1, 0.15) is 18.2 Å². The molecule has 0 aliphatic carbocycles. The normalized spacial score (nSPS) is 22.7. The number of halogens is 4. The third kappa shape index (κ3) is 4.09. The Kier molecular flexibility index (Phi) is 4.90. The molecule has 0 unspecified atom stereocenters. The average Bonchev–Trinajstić information content (AvgIpc) is 2.85. The molecule has 1 fully saturated rings. The number of carboxylic acids is 1. The molecule has 0 amide bonds. The molecule has 2 rings (SSSR count). The molecule has 1 aliphatic heterocycles. The molecule has 0 aromatic heterocycles. The van der Waals surface area contributed by atoms with Crippen LogP contribution in [0, 0.1) is 17.7 Å². The highest BCUT2D eigenvalue weighted by atomic mass is 19.4. The van der Waals surface area contributed by atoms with E-state index in [1.54, 1.807) is 0 Å². The van der Waals surface area contributed by atoms with Crippen LogP contribution >= 0.6 is 0 Å². The molecule has 0 spiro atoms. The first-order valence-corrected chi connectivity index (χ1v) is 6.67. The molecule has 1 aromatic rings. The molecule has 1 aromatic carbocycles. The Morgan fingerprint density at radius 3 is 2.41 bits per heavy atom. The second-order valence-corrected chi connectivity index (χ2v) is 5.15. The summed E-state index contributed by atoms with van der Waals surface area (Å²) in [6.07, 6.45) is -4.53. The lowest BCUT2D eigenvalue weighted by Gasteiger charge is -2.18. The Balaban J connectivity index is 1.86. The standard InChI is InChI=1S/C14H15F4NO3/c15-9-1-3-10(4-2-9)22-6-5-19-7-11(13(20)21)12(8-19)14(16,17)18/h1-4,11-12H,5-8H2,(H,20,21)/t11-,12-/m1/s1. The van der Waals surface area contributed by atoms with Crippen molar-refractivity contribution in [1.82, 2.24) is 4.90 Å². The van der Waals surface area contributed by atoms with Crippen LogP contribution in [0.15, 0.2) is 24.3 Å². The minimum absolute atomic E-state index is 0.0998. The maximum absolute atomic E-state index is 12.8. The van der Waals surface area contributed by atoms with Crippen LogP contribution in [0.4, 0.5) is 17.6 Å². The van der Waals surface area contributed by atoms with Crippen LogP contribution in [0.5, 0.6) is 5.75 Å². The second kappa shape index (κ2) is 6.51. The van der Waals surface area contributed by atoms with E-state index in [4.69, 9.17) is 9.84 Å². The number of alkyl halides is 3. The van der Waals surface area contributed by atoms with Gasteiger partial charge in [-0.2, -0.15) is 13.2 Å². The fraction of sp³-hybridized carbons (Fsp3) is 0.500. The van der Waals surface area contributed by atoms with Gasteiger partial charge in [-0.1, -0.05) is 0 Å². The highest BCUT2D eigenvalue weighted by Gasteiger charge is 2.52. The quantitative estimate of drug-likeness (QED) is 0.846. The Morgan fingerprint density at radius 2 is 1.91 bits per heavy atom. The molecule has 2 atom stereocenters. The van der Waals surface area contributed by atoms with Crippen molar-refractivity contribution in [3.63, 3.8) is 0 Å². The van der Waals surface area contributed by atoms with Crippen LogP contribution in [0.2, 0.25) is 0 Å². The number of rotatable bonds is 5. The molecular formula is C14H15F4NO3. The van der Waals surface area contributed by atoms with Gasteiger partial charge in [-0.25, -0.2) is 4.39 Å². The molecule has 0 radical (unpaired) electrons. The van der Waals surface area contributed by atoms with E-state index < -0.39 is 29.8 Å². The van der Waals surface area contributed by atoms with E-state index in [1.165, 1.54) is 29.2 Å². The zero-order valence-electron chi connectivity index (χ0n) is 11.5. The summed E-state index contributed by atoms with van der Waals surface area (Å²) < 4.78 is 56.4. The highest BCUT2D eigenvalue weighted by molar-refractivity contribution is 5.71. The lowest BCUT2D eigenvalue weighted by molar-refractivity contribution is -0.188. The van der Waals surface area contributed by atoms with Gasteiger partial charge in [0.2, 0.25) is 0 Å². The number of hydrogen-bond donors (Lipinski definition) is 1. The maximum Gasteiger partial charge on any atom is 0.393 e. The fourth-order valence-corrected chi connectivity index (χ4v) is 2.47. The molecule has 122 valence electrons. The monoisotopic (exact) mass is 321 g/mol. The number of aliphatic carboxylic acids is 1. The van der Waals surface area contributed by atoms with Gasteiger partial charge in [0.15, 0.2) is 0 Å². The van der Waals surface area contributed by atoms with Crippen LogP contribution in [-0.4, -0.2) is 48.4 Å². The molecular weight excluding hydrogens is 306 g/mol. The van der Waals surface area contributed by atoms with Crippen molar-refractivity contribution in [3.8, 4) is 5.75 Å². The van der Waals surface area contributed by atoms with Crippen LogP contribution in [0.1, 0.15) is 0 Å². The maximum atomic E-state index is 12.8. The first-order chi connectivity index (χ1) is 10.3. The van der Waals surface area contributed by atoms with Gasteiger partial charge in [0, 0.05) is 19.6 Å². The second-order valence-electron chi connectivity index (χ2n) is 5.15. The van der Waals surface area contributed by atoms with E-state index in [0.717, 1.165) is 0 Å². The van der Waals surface area contributed by atoms with E-state index >= 15 is 0 Å². The van der Waals surface area contributed by atoms with Crippen LogP contribution in [-0.2, 0) is 4.79 Å². The van der Waals surface area contributed by atoms with Crippen molar-refractivity contribution in [2.75, 3.05) is 26.2 Å². The van der Waals surface area contributed by atoms with Crippen molar-refractivity contribution in [2.24, 2.45) is 11.8 Å². The summed E-state index contributed by atoms with van der Waals surface area (Å²) in [5, 5.41) is 8.90. The van der Waals surface area contributed by atoms with Gasteiger partial charge in [0.25, 0.3) is 0 Å². The van der Waals surface area contributed by atoms with Crippen LogP contribution < -0.4 is 4.74 Å². The lowest BCUT2D eigenvalue weighted by Crippen LogP contribution is -2.33. The van der Waals surface area contributed by atoms with E-state index in [2.05, 4.69) is 0 Å². The summed E-state index contributed by atoms with van der Waals surface area (Å²) in [7, 11) is 0.